The molecule has 28 heavy (non-hydrogen) atoms. The molecule has 0 aliphatic carbocycles. The Hall–Kier alpha value is -1.99. The number of anilines is 1. The average molecular weight is 404 g/mol. The van der Waals surface area contributed by atoms with Crippen molar-refractivity contribution < 1.29 is 14.3 Å². The number of hydrogen-bond donors (Lipinski definition) is 2. The lowest BCUT2D eigenvalue weighted by Gasteiger charge is -2.31. The zero-order valence-electron chi connectivity index (χ0n) is 17.3. The van der Waals surface area contributed by atoms with Gasteiger partial charge in [-0.05, 0) is 39.7 Å². The highest BCUT2D eigenvalue weighted by Gasteiger charge is 2.29. The predicted molar refractivity (Wildman–Crippen MR) is 113 cm³/mol. The fourth-order valence-electron chi connectivity index (χ4n) is 3.21. The van der Waals surface area contributed by atoms with Gasteiger partial charge in [-0.15, -0.1) is 11.3 Å². The fraction of sp³-hybridized carbons (Fsp3) is 0.571. The monoisotopic (exact) mass is 403 g/mol. The van der Waals surface area contributed by atoms with E-state index in [1.807, 2.05) is 26.8 Å². The van der Waals surface area contributed by atoms with Crippen molar-refractivity contribution in [3.63, 3.8) is 0 Å². The molecule has 1 atom stereocenters. The van der Waals surface area contributed by atoms with Gasteiger partial charge in [0.2, 0.25) is 5.91 Å². The molecule has 7 heteroatoms. The van der Waals surface area contributed by atoms with E-state index in [4.69, 9.17) is 9.72 Å². The minimum Gasteiger partial charge on any atom is -0.370 e. The standard InChI is InChI=1S/C21H29N3O3S/c1-6-8-16(25)24-17-14-9-13-11-27-21(4,5)10-15(13)23-20(14)28-18(17)19(26)22-12(3)7-2/h9,12H,6-8,10-11H2,1-5H3,(H,22,26)(H,24,25)/t12-/m0/s1. The van der Waals surface area contributed by atoms with Gasteiger partial charge in [0.05, 0.1) is 23.6 Å². The third-order valence-corrected chi connectivity index (χ3v) is 6.10. The summed E-state index contributed by atoms with van der Waals surface area (Å²) in [4.78, 5) is 31.3. The molecular formula is C21H29N3O3S. The quantitative estimate of drug-likeness (QED) is 0.748. The van der Waals surface area contributed by atoms with Gasteiger partial charge in [0, 0.05) is 29.8 Å². The first kappa shape index (κ1) is 20.7. The van der Waals surface area contributed by atoms with Crippen molar-refractivity contribution in [3.05, 3.63) is 22.2 Å². The Kier molecular flexibility index (Phi) is 6.05. The van der Waals surface area contributed by atoms with Crippen molar-refractivity contribution in [2.24, 2.45) is 0 Å². The second kappa shape index (κ2) is 8.17. The average Bonchev–Trinajstić information content (AvgIpc) is 2.96. The molecule has 3 heterocycles. The Bertz CT molecular complexity index is 904. The highest BCUT2D eigenvalue weighted by Crippen LogP contribution is 2.38. The Balaban J connectivity index is 2.07. The molecule has 2 amide bonds. The first-order valence-corrected chi connectivity index (χ1v) is 10.8. The number of amides is 2. The van der Waals surface area contributed by atoms with E-state index < -0.39 is 0 Å². The predicted octanol–water partition coefficient (Wildman–Crippen LogP) is 4.41. The molecule has 0 fully saturated rings. The molecule has 1 aliphatic heterocycles. The van der Waals surface area contributed by atoms with Gasteiger partial charge in [-0.25, -0.2) is 4.98 Å². The van der Waals surface area contributed by atoms with E-state index in [0.29, 0.717) is 23.6 Å². The van der Waals surface area contributed by atoms with Crippen LogP contribution in [0.3, 0.4) is 0 Å². The second-order valence-corrected chi connectivity index (χ2v) is 9.06. The number of ether oxygens (including phenoxy) is 1. The lowest BCUT2D eigenvalue weighted by atomic mass is 9.95. The van der Waals surface area contributed by atoms with Gasteiger partial charge in [-0.3, -0.25) is 9.59 Å². The third kappa shape index (κ3) is 4.36. The summed E-state index contributed by atoms with van der Waals surface area (Å²) in [5.41, 5.74) is 2.34. The van der Waals surface area contributed by atoms with E-state index in [1.165, 1.54) is 11.3 Å². The number of carbonyl (C=O) groups is 2. The molecular weight excluding hydrogens is 374 g/mol. The van der Waals surface area contributed by atoms with E-state index in [9.17, 15) is 9.59 Å². The molecule has 0 saturated heterocycles. The molecule has 6 nitrogen and oxygen atoms in total. The Morgan fingerprint density at radius 3 is 2.79 bits per heavy atom. The minimum atomic E-state index is -0.250. The number of thiophene rings is 1. The van der Waals surface area contributed by atoms with Crippen molar-refractivity contribution in [1.29, 1.82) is 0 Å². The summed E-state index contributed by atoms with van der Waals surface area (Å²) < 4.78 is 5.92. The molecule has 0 unspecified atom stereocenters. The summed E-state index contributed by atoms with van der Waals surface area (Å²) in [6, 6.07) is 2.08. The maximum atomic E-state index is 12.9. The molecule has 2 aromatic rings. The SMILES string of the molecule is CCCC(=O)Nc1c(C(=O)N[C@@H](C)CC)sc2nc3c(cc12)COC(C)(C)C3. The molecule has 2 N–H and O–H groups in total. The number of rotatable bonds is 6. The molecule has 0 radical (unpaired) electrons. The van der Waals surface area contributed by atoms with Crippen molar-refractivity contribution in [1.82, 2.24) is 10.3 Å². The van der Waals surface area contributed by atoms with Gasteiger partial charge in [0.15, 0.2) is 0 Å². The maximum absolute atomic E-state index is 12.9. The Morgan fingerprint density at radius 1 is 1.36 bits per heavy atom. The number of carbonyl (C=O) groups excluding carboxylic acids is 2. The van der Waals surface area contributed by atoms with Crippen LogP contribution in [0.5, 0.6) is 0 Å². The van der Waals surface area contributed by atoms with E-state index >= 15 is 0 Å². The van der Waals surface area contributed by atoms with Gasteiger partial charge in [-0.1, -0.05) is 13.8 Å². The molecule has 0 bridgehead atoms. The Morgan fingerprint density at radius 2 is 2.11 bits per heavy atom. The smallest absolute Gasteiger partial charge is 0.263 e. The first-order chi connectivity index (χ1) is 13.2. The summed E-state index contributed by atoms with van der Waals surface area (Å²) in [5.74, 6) is -0.256. The zero-order valence-corrected chi connectivity index (χ0v) is 18.1. The largest absolute Gasteiger partial charge is 0.370 e. The number of fused-ring (bicyclic) bond motifs is 2. The van der Waals surface area contributed by atoms with Gasteiger partial charge in [0.1, 0.15) is 9.71 Å². The van der Waals surface area contributed by atoms with E-state index in [-0.39, 0.29) is 23.5 Å². The number of hydrogen-bond acceptors (Lipinski definition) is 5. The summed E-state index contributed by atoms with van der Waals surface area (Å²) in [6.45, 7) is 10.5. The van der Waals surface area contributed by atoms with E-state index in [2.05, 4.69) is 24.5 Å². The summed E-state index contributed by atoms with van der Waals surface area (Å²) in [5, 5.41) is 6.77. The zero-order chi connectivity index (χ0) is 20.5. The van der Waals surface area contributed by atoms with Crippen molar-refractivity contribution in [3.8, 4) is 0 Å². The molecule has 3 rings (SSSR count). The number of nitrogens with zero attached hydrogens (tertiary/aromatic N) is 1. The van der Waals surface area contributed by atoms with Crippen LogP contribution in [0.2, 0.25) is 0 Å². The number of nitrogens with one attached hydrogen (secondary N) is 2. The van der Waals surface area contributed by atoms with Crippen LogP contribution >= 0.6 is 11.3 Å². The van der Waals surface area contributed by atoms with Crippen LogP contribution in [0.25, 0.3) is 10.2 Å². The normalized spacial score (nSPS) is 16.5. The van der Waals surface area contributed by atoms with Crippen LogP contribution in [0.4, 0.5) is 5.69 Å². The molecule has 2 aromatic heterocycles. The van der Waals surface area contributed by atoms with Crippen LogP contribution in [0.1, 0.15) is 74.8 Å². The first-order valence-electron chi connectivity index (χ1n) is 9.94. The fourth-order valence-corrected chi connectivity index (χ4v) is 4.25. The lowest BCUT2D eigenvalue weighted by Crippen LogP contribution is -2.32. The Labute approximate surface area is 170 Å². The lowest BCUT2D eigenvalue weighted by molar-refractivity contribution is -0.116. The molecule has 152 valence electrons. The van der Waals surface area contributed by atoms with Gasteiger partial charge < -0.3 is 15.4 Å². The maximum Gasteiger partial charge on any atom is 0.263 e. The van der Waals surface area contributed by atoms with Gasteiger partial charge in [0.25, 0.3) is 5.91 Å². The second-order valence-electron chi connectivity index (χ2n) is 8.06. The third-order valence-electron chi connectivity index (χ3n) is 5.00. The van der Waals surface area contributed by atoms with Gasteiger partial charge >= 0.3 is 0 Å². The van der Waals surface area contributed by atoms with Crippen LogP contribution in [0, 0.1) is 0 Å². The van der Waals surface area contributed by atoms with Crippen LogP contribution in [-0.2, 0) is 22.6 Å². The van der Waals surface area contributed by atoms with Crippen LogP contribution in [0.15, 0.2) is 6.07 Å². The topological polar surface area (TPSA) is 80.3 Å². The molecule has 0 saturated carbocycles. The summed E-state index contributed by atoms with van der Waals surface area (Å²) >= 11 is 1.34. The summed E-state index contributed by atoms with van der Waals surface area (Å²) in [6.07, 6.45) is 2.73. The van der Waals surface area contributed by atoms with Crippen LogP contribution in [-0.4, -0.2) is 28.4 Å². The minimum absolute atomic E-state index is 0.0623. The number of aromatic nitrogens is 1. The highest BCUT2D eigenvalue weighted by atomic mass is 32.1. The van der Waals surface area contributed by atoms with E-state index in [0.717, 1.165) is 40.7 Å². The van der Waals surface area contributed by atoms with Crippen molar-refractivity contribution in [2.75, 3.05) is 5.32 Å². The van der Waals surface area contributed by atoms with E-state index in [1.54, 1.807) is 0 Å². The van der Waals surface area contributed by atoms with Crippen molar-refractivity contribution in [2.45, 2.75) is 78.6 Å². The number of pyridine rings is 1. The molecule has 0 aromatic carbocycles. The highest BCUT2D eigenvalue weighted by molar-refractivity contribution is 7.21. The van der Waals surface area contributed by atoms with Crippen molar-refractivity contribution >= 4 is 39.1 Å². The summed E-state index contributed by atoms with van der Waals surface area (Å²) in [7, 11) is 0. The van der Waals surface area contributed by atoms with Crippen LogP contribution < -0.4 is 10.6 Å². The molecule has 0 spiro atoms. The molecule has 1 aliphatic rings. The van der Waals surface area contributed by atoms with Gasteiger partial charge in [-0.2, -0.15) is 0 Å².